The smallest absolute Gasteiger partial charge is 0.287 e. The number of carbonyl (C=O) groups excluding carboxylic acids is 1. The number of hydrogen-bond acceptors (Lipinski definition) is 3. The molecule has 1 N–H and O–H groups in total. The van der Waals surface area contributed by atoms with Crippen molar-refractivity contribution in [1.29, 1.82) is 0 Å². The van der Waals surface area contributed by atoms with Gasteiger partial charge in [-0.15, -0.1) is 0 Å². The van der Waals surface area contributed by atoms with E-state index in [1.165, 1.54) is 5.56 Å². The second-order valence-corrected chi connectivity index (χ2v) is 5.67. The number of rotatable bonds is 4. The molecule has 0 saturated heterocycles. The molecule has 0 aliphatic heterocycles. The molecular formula is C18H19N3O2. The lowest BCUT2D eigenvalue weighted by atomic mass is 10.1. The van der Waals surface area contributed by atoms with Gasteiger partial charge in [0.1, 0.15) is 5.76 Å². The Morgan fingerprint density at radius 2 is 1.96 bits per heavy atom. The van der Waals surface area contributed by atoms with Gasteiger partial charge < -0.3 is 9.73 Å². The highest BCUT2D eigenvalue weighted by Gasteiger charge is 2.16. The molecule has 2 heterocycles. The first-order valence-electron chi connectivity index (χ1n) is 7.49. The van der Waals surface area contributed by atoms with Gasteiger partial charge in [-0.05, 0) is 26.0 Å². The van der Waals surface area contributed by atoms with Gasteiger partial charge >= 0.3 is 0 Å². The van der Waals surface area contributed by atoms with Gasteiger partial charge in [-0.1, -0.05) is 29.8 Å². The number of nitrogens with one attached hydrogen (secondary N) is 1. The number of amides is 1. The molecule has 0 aliphatic rings. The molecule has 0 radical (unpaired) electrons. The predicted octanol–water partition coefficient (Wildman–Crippen LogP) is 3.48. The zero-order valence-corrected chi connectivity index (χ0v) is 13.4. The standard InChI is InChI=1S/C18H19N3O2/c1-12-4-6-14(7-5-12)16-8-9-17(23-16)18(22)20-13(2)15-10-19-21(3)11-15/h4-11,13H,1-3H3,(H,20,22). The van der Waals surface area contributed by atoms with Gasteiger partial charge in [0, 0.05) is 24.4 Å². The largest absolute Gasteiger partial charge is 0.451 e. The van der Waals surface area contributed by atoms with Crippen molar-refractivity contribution in [2.45, 2.75) is 19.9 Å². The summed E-state index contributed by atoms with van der Waals surface area (Å²) >= 11 is 0. The van der Waals surface area contributed by atoms with E-state index >= 15 is 0 Å². The number of furan rings is 1. The molecule has 0 aliphatic carbocycles. The third-order valence-electron chi connectivity index (χ3n) is 3.74. The Kier molecular flexibility index (Phi) is 4.02. The highest BCUT2D eigenvalue weighted by atomic mass is 16.3. The lowest BCUT2D eigenvalue weighted by Crippen LogP contribution is -2.26. The summed E-state index contributed by atoms with van der Waals surface area (Å²) in [5.74, 6) is 0.750. The van der Waals surface area contributed by atoms with Gasteiger partial charge in [0.05, 0.1) is 12.2 Å². The van der Waals surface area contributed by atoms with E-state index in [0.717, 1.165) is 11.1 Å². The van der Waals surface area contributed by atoms with Crippen molar-refractivity contribution in [3.8, 4) is 11.3 Å². The SMILES string of the molecule is Cc1ccc(-c2ccc(C(=O)NC(C)c3cnn(C)c3)o2)cc1. The van der Waals surface area contributed by atoms with Crippen LogP contribution in [0, 0.1) is 6.92 Å². The third-order valence-corrected chi connectivity index (χ3v) is 3.74. The molecule has 3 aromatic rings. The molecule has 1 unspecified atom stereocenters. The van der Waals surface area contributed by atoms with Crippen molar-refractivity contribution >= 4 is 5.91 Å². The molecule has 0 saturated carbocycles. The minimum atomic E-state index is -0.236. The Morgan fingerprint density at radius 3 is 2.61 bits per heavy atom. The summed E-state index contributed by atoms with van der Waals surface area (Å²) in [6.45, 7) is 3.95. The fourth-order valence-electron chi connectivity index (χ4n) is 2.35. The molecule has 3 rings (SSSR count). The Balaban J connectivity index is 1.72. The number of carbonyl (C=O) groups is 1. The maximum Gasteiger partial charge on any atom is 0.287 e. The summed E-state index contributed by atoms with van der Waals surface area (Å²) in [7, 11) is 1.85. The second kappa shape index (κ2) is 6.12. The van der Waals surface area contributed by atoms with Crippen LogP contribution in [0.1, 0.15) is 34.6 Å². The van der Waals surface area contributed by atoms with Crippen LogP contribution in [0.2, 0.25) is 0 Å². The molecule has 0 spiro atoms. The minimum absolute atomic E-state index is 0.135. The number of nitrogens with zero attached hydrogens (tertiary/aromatic N) is 2. The van der Waals surface area contributed by atoms with Gasteiger partial charge in [-0.2, -0.15) is 5.10 Å². The van der Waals surface area contributed by atoms with Crippen LogP contribution < -0.4 is 5.32 Å². The molecular weight excluding hydrogens is 290 g/mol. The van der Waals surface area contributed by atoms with Crippen molar-refractivity contribution in [3.05, 3.63) is 65.7 Å². The molecule has 1 aromatic carbocycles. The molecule has 118 valence electrons. The summed E-state index contributed by atoms with van der Waals surface area (Å²) in [5, 5.41) is 7.02. The van der Waals surface area contributed by atoms with Crippen molar-refractivity contribution in [3.63, 3.8) is 0 Å². The van der Waals surface area contributed by atoms with Gasteiger partial charge in [-0.25, -0.2) is 0 Å². The van der Waals surface area contributed by atoms with Crippen LogP contribution in [0.5, 0.6) is 0 Å². The van der Waals surface area contributed by atoms with E-state index in [1.807, 2.05) is 57.4 Å². The fourth-order valence-corrected chi connectivity index (χ4v) is 2.35. The second-order valence-electron chi connectivity index (χ2n) is 5.67. The molecule has 0 fully saturated rings. The van der Waals surface area contributed by atoms with E-state index < -0.39 is 0 Å². The number of aryl methyl sites for hydroxylation is 2. The third kappa shape index (κ3) is 3.34. The lowest BCUT2D eigenvalue weighted by Gasteiger charge is -2.10. The van der Waals surface area contributed by atoms with Gasteiger partial charge in [0.2, 0.25) is 0 Å². The van der Waals surface area contributed by atoms with Crippen molar-refractivity contribution < 1.29 is 9.21 Å². The number of benzene rings is 1. The number of hydrogen-bond donors (Lipinski definition) is 1. The van der Waals surface area contributed by atoms with E-state index in [2.05, 4.69) is 10.4 Å². The van der Waals surface area contributed by atoms with Crippen LogP contribution in [0.3, 0.4) is 0 Å². The highest BCUT2D eigenvalue weighted by molar-refractivity contribution is 5.92. The van der Waals surface area contributed by atoms with E-state index in [1.54, 1.807) is 16.9 Å². The topological polar surface area (TPSA) is 60.1 Å². The molecule has 2 aromatic heterocycles. The molecule has 5 heteroatoms. The first-order valence-corrected chi connectivity index (χ1v) is 7.49. The van der Waals surface area contributed by atoms with Crippen LogP contribution in [0.25, 0.3) is 11.3 Å². The minimum Gasteiger partial charge on any atom is -0.451 e. The average molecular weight is 309 g/mol. The normalized spacial score (nSPS) is 12.1. The van der Waals surface area contributed by atoms with Gasteiger partial charge in [-0.3, -0.25) is 9.48 Å². The molecule has 1 amide bonds. The highest BCUT2D eigenvalue weighted by Crippen LogP contribution is 2.23. The fraction of sp³-hybridized carbons (Fsp3) is 0.222. The van der Waals surface area contributed by atoms with Crippen molar-refractivity contribution in [2.24, 2.45) is 7.05 Å². The van der Waals surface area contributed by atoms with Crippen LogP contribution in [-0.2, 0) is 7.05 Å². The lowest BCUT2D eigenvalue weighted by molar-refractivity contribution is 0.0912. The zero-order chi connectivity index (χ0) is 16.4. The maximum atomic E-state index is 12.3. The maximum absolute atomic E-state index is 12.3. The zero-order valence-electron chi connectivity index (χ0n) is 13.4. The molecule has 5 nitrogen and oxygen atoms in total. The van der Waals surface area contributed by atoms with Crippen molar-refractivity contribution in [2.75, 3.05) is 0 Å². The summed E-state index contributed by atoms with van der Waals surface area (Å²) in [6.07, 6.45) is 3.62. The van der Waals surface area contributed by atoms with E-state index in [0.29, 0.717) is 11.5 Å². The molecule has 0 bridgehead atoms. The summed E-state index contributed by atoms with van der Waals surface area (Å²) in [4.78, 5) is 12.3. The molecule has 1 atom stereocenters. The first-order chi connectivity index (χ1) is 11.0. The monoisotopic (exact) mass is 309 g/mol. The van der Waals surface area contributed by atoms with Crippen LogP contribution in [0.15, 0.2) is 53.2 Å². The summed E-state index contributed by atoms with van der Waals surface area (Å²) in [5.41, 5.74) is 3.09. The Hall–Kier alpha value is -2.82. The van der Waals surface area contributed by atoms with Crippen LogP contribution in [0.4, 0.5) is 0 Å². The van der Waals surface area contributed by atoms with E-state index in [4.69, 9.17) is 4.42 Å². The van der Waals surface area contributed by atoms with Crippen molar-refractivity contribution in [1.82, 2.24) is 15.1 Å². The summed E-state index contributed by atoms with van der Waals surface area (Å²) in [6, 6.07) is 11.4. The predicted molar refractivity (Wildman–Crippen MR) is 88.0 cm³/mol. The van der Waals surface area contributed by atoms with E-state index in [9.17, 15) is 4.79 Å². The van der Waals surface area contributed by atoms with Crippen LogP contribution >= 0.6 is 0 Å². The Bertz CT molecular complexity index is 815. The first kappa shape index (κ1) is 15.1. The van der Waals surface area contributed by atoms with Gasteiger partial charge in [0.15, 0.2) is 5.76 Å². The van der Waals surface area contributed by atoms with Gasteiger partial charge in [0.25, 0.3) is 5.91 Å². The molecule has 23 heavy (non-hydrogen) atoms. The van der Waals surface area contributed by atoms with Crippen LogP contribution in [-0.4, -0.2) is 15.7 Å². The Labute approximate surface area is 134 Å². The average Bonchev–Trinajstić information content (AvgIpc) is 3.17. The number of aromatic nitrogens is 2. The quantitative estimate of drug-likeness (QED) is 0.802. The summed E-state index contributed by atoms with van der Waals surface area (Å²) < 4.78 is 7.39. The van der Waals surface area contributed by atoms with E-state index in [-0.39, 0.29) is 11.9 Å². The Morgan fingerprint density at radius 1 is 1.22 bits per heavy atom.